The molecule has 1 aromatic rings. The Morgan fingerprint density at radius 2 is 2.00 bits per heavy atom. The highest BCUT2D eigenvalue weighted by Gasteiger charge is 2.36. The van der Waals surface area contributed by atoms with Crippen molar-refractivity contribution in [1.29, 1.82) is 0 Å². The summed E-state index contributed by atoms with van der Waals surface area (Å²) in [6, 6.07) is 10.1. The van der Waals surface area contributed by atoms with Crippen LogP contribution in [-0.4, -0.2) is 42.8 Å². The first-order chi connectivity index (χ1) is 10.2. The molecular weight excluding hydrogens is 307 g/mol. The monoisotopic (exact) mass is 328 g/mol. The Morgan fingerprint density at radius 1 is 1.27 bits per heavy atom. The highest BCUT2D eigenvalue weighted by atomic mass is 35.5. The minimum atomic E-state index is -0.958. The predicted octanol–water partition coefficient (Wildman–Crippen LogP) is 2.77. The average Bonchev–Trinajstić information content (AvgIpc) is 3.26. The Balaban J connectivity index is 0.00000176. The lowest BCUT2D eigenvalue weighted by molar-refractivity contribution is 0.102. The standard InChI is InChI=1S/C16H21FN2O2.ClH/c17-15-10-19(9-13(15)8-18-14-6-7-14)16(20)21-11-12-4-2-1-3-5-12;/h1-5,13-15,18H,6-11H2;1H/t13-,15+;/m1./s1. The van der Waals surface area contributed by atoms with E-state index in [9.17, 15) is 9.18 Å². The van der Waals surface area contributed by atoms with E-state index in [4.69, 9.17) is 4.74 Å². The van der Waals surface area contributed by atoms with Crippen LogP contribution >= 0.6 is 12.4 Å². The first kappa shape index (κ1) is 17.0. The number of benzene rings is 1. The van der Waals surface area contributed by atoms with Crippen molar-refractivity contribution in [2.75, 3.05) is 19.6 Å². The minimum absolute atomic E-state index is 0. The summed E-state index contributed by atoms with van der Waals surface area (Å²) in [6.07, 6.45) is 0.995. The molecule has 0 radical (unpaired) electrons. The zero-order chi connectivity index (χ0) is 14.7. The molecule has 4 nitrogen and oxygen atoms in total. The number of amides is 1. The van der Waals surface area contributed by atoms with Crippen LogP contribution < -0.4 is 5.32 Å². The van der Waals surface area contributed by atoms with Crippen molar-refractivity contribution in [3.8, 4) is 0 Å². The Hall–Kier alpha value is -1.33. The highest BCUT2D eigenvalue weighted by Crippen LogP contribution is 2.23. The second kappa shape index (κ2) is 7.79. The van der Waals surface area contributed by atoms with Gasteiger partial charge < -0.3 is 15.0 Å². The van der Waals surface area contributed by atoms with Gasteiger partial charge in [-0.05, 0) is 18.4 Å². The molecule has 22 heavy (non-hydrogen) atoms. The number of ether oxygens (including phenoxy) is 1. The van der Waals surface area contributed by atoms with Crippen LogP contribution in [0.25, 0.3) is 0 Å². The molecule has 122 valence electrons. The van der Waals surface area contributed by atoms with Gasteiger partial charge in [0.2, 0.25) is 0 Å². The van der Waals surface area contributed by atoms with Gasteiger partial charge in [0.05, 0.1) is 6.54 Å². The van der Waals surface area contributed by atoms with Gasteiger partial charge in [0, 0.05) is 25.0 Å². The quantitative estimate of drug-likeness (QED) is 0.903. The largest absolute Gasteiger partial charge is 0.445 e. The molecule has 1 aromatic carbocycles. The van der Waals surface area contributed by atoms with Crippen LogP contribution in [-0.2, 0) is 11.3 Å². The summed E-state index contributed by atoms with van der Waals surface area (Å²) in [6.45, 7) is 1.46. The Morgan fingerprint density at radius 3 is 2.68 bits per heavy atom. The molecular formula is C16H22ClFN2O2. The molecule has 1 heterocycles. The van der Waals surface area contributed by atoms with Gasteiger partial charge in [0.1, 0.15) is 12.8 Å². The smallest absolute Gasteiger partial charge is 0.410 e. The molecule has 1 amide bonds. The number of carbonyl (C=O) groups excluding carboxylic acids is 1. The van der Waals surface area contributed by atoms with Gasteiger partial charge in [-0.15, -0.1) is 12.4 Å². The van der Waals surface area contributed by atoms with Crippen LogP contribution in [0.2, 0.25) is 0 Å². The van der Waals surface area contributed by atoms with Crippen molar-refractivity contribution >= 4 is 18.5 Å². The second-order valence-electron chi connectivity index (χ2n) is 5.90. The summed E-state index contributed by atoms with van der Waals surface area (Å²) in [4.78, 5) is 13.5. The first-order valence-electron chi connectivity index (χ1n) is 7.55. The third kappa shape index (κ3) is 4.58. The Bertz CT molecular complexity index is 484. The number of hydrogen-bond donors (Lipinski definition) is 1. The first-order valence-corrected chi connectivity index (χ1v) is 7.55. The molecule has 1 aliphatic carbocycles. The number of likely N-dealkylation sites (tertiary alicyclic amines) is 1. The molecule has 0 spiro atoms. The lowest BCUT2D eigenvalue weighted by Gasteiger charge is -2.16. The van der Waals surface area contributed by atoms with Crippen LogP contribution in [0, 0.1) is 5.92 Å². The van der Waals surface area contributed by atoms with E-state index in [2.05, 4.69) is 5.32 Å². The number of nitrogens with zero attached hydrogens (tertiary/aromatic N) is 1. The molecule has 2 aliphatic rings. The molecule has 1 aliphatic heterocycles. The van der Waals surface area contributed by atoms with Crippen molar-refractivity contribution in [1.82, 2.24) is 10.2 Å². The molecule has 0 unspecified atom stereocenters. The van der Waals surface area contributed by atoms with Crippen LogP contribution in [0.5, 0.6) is 0 Å². The van der Waals surface area contributed by atoms with E-state index in [1.165, 1.54) is 17.7 Å². The third-order valence-corrected chi connectivity index (χ3v) is 4.07. The molecule has 0 aromatic heterocycles. The maximum absolute atomic E-state index is 13.9. The summed E-state index contributed by atoms with van der Waals surface area (Å²) >= 11 is 0. The maximum atomic E-state index is 13.9. The van der Waals surface area contributed by atoms with E-state index in [0.29, 0.717) is 19.1 Å². The van der Waals surface area contributed by atoms with Crippen molar-refractivity contribution in [3.63, 3.8) is 0 Å². The molecule has 3 rings (SSSR count). The van der Waals surface area contributed by atoms with Crippen LogP contribution in [0.1, 0.15) is 18.4 Å². The van der Waals surface area contributed by atoms with Crippen LogP contribution in [0.4, 0.5) is 9.18 Å². The number of alkyl halides is 1. The lowest BCUT2D eigenvalue weighted by atomic mass is 10.1. The van der Waals surface area contributed by atoms with Gasteiger partial charge in [0.15, 0.2) is 0 Å². The van der Waals surface area contributed by atoms with E-state index in [0.717, 1.165) is 5.56 Å². The Labute approximate surface area is 136 Å². The molecule has 6 heteroatoms. The fraction of sp³-hybridized carbons (Fsp3) is 0.562. The van der Waals surface area contributed by atoms with Gasteiger partial charge in [-0.1, -0.05) is 30.3 Å². The summed E-state index contributed by atoms with van der Waals surface area (Å²) in [7, 11) is 0. The number of halogens is 2. The summed E-state index contributed by atoms with van der Waals surface area (Å²) < 4.78 is 19.2. The van der Waals surface area contributed by atoms with E-state index in [1.54, 1.807) is 0 Å². The van der Waals surface area contributed by atoms with Gasteiger partial charge in [-0.25, -0.2) is 9.18 Å². The fourth-order valence-corrected chi connectivity index (χ4v) is 2.59. The number of hydrogen-bond acceptors (Lipinski definition) is 3. The maximum Gasteiger partial charge on any atom is 0.410 e. The number of carbonyl (C=O) groups is 1. The predicted molar refractivity (Wildman–Crippen MR) is 84.9 cm³/mol. The van der Waals surface area contributed by atoms with Crippen molar-refractivity contribution < 1.29 is 13.9 Å². The molecule has 2 fully saturated rings. The zero-order valence-electron chi connectivity index (χ0n) is 12.4. The third-order valence-electron chi connectivity index (χ3n) is 4.07. The van der Waals surface area contributed by atoms with E-state index in [1.807, 2.05) is 30.3 Å². The number of nitrogens with one attached hydrogen (secondary N) is 1. The highest BCUT2D eigenvalue weighted by molar-refractivity contribution is 5.85. The number of rotatable bonds is 5. The normalized spacial score (nSPS) is 24.0. The second-order valence-corrected chi connectivity index (χ2v) is 5.90. The molecule has 0 bridgehead atoms. The van der Waals surface area contributed by atoms with Gasteiger partial charge in [-0.3, -0.25) is 0 Å². The summed E-state index contributed by atoms with van der Waals surface area (Å²) in [5.41, 5.74) is 0.939. The Kier molecular flexibility index (Phi) is 6.03. The summed E-state index contributed by atoms with van der Waals surface area (Å²) in [5, 5.41) is 3.33. The van der Waals surface area contributed by atoms with Crippen molar-refractivity contribution in [2.45, 2.75) is 31.7 Å². The summed E-state index contributed by atoms with van der Waals surface area (Å²) in [5.74, 6) is -0.116. The average molecular weight is 329 g/mol. The zero-order valence-corrected chi connectivity index (χ0v) is 13.2. The minimum Gasteiger partial charge on any atom is -0.445 e. The van der Waals surface area contributed by atoms with Gasteiger partial charge in [0.25, 0.3) is 0 Å². The van der Waals surface area contributed by atoms with Gasteiger partial charge >= 0.3 is 6.09 Å². The van der Waals surface area contributed by atoms with Crippen LogP contribution in [0.3, 0.4) is 0 Å². The van der Waals surface area contributed by atoms with Crippen molar-refractivity contribution in [3.05, 3.63) is 35.9 Å². The molecule has 2 atom stereocenters. The SMILES string of the molecule is Cl.O=C(OCc1ccccc1)N1C[C@@H](CNC2CC2)[C@@H](F)C1. The molecule has 1 N–H and O–H groups in total. The van der Waals surface area contributed by atoms with E-state index in [-0.39, 0.29) is 31.5 Å². The van der Waals surface area contributed by atoms with Crippen molar-refractivity contribution in [2.24, 2.45) is 5.92 Å². The van der Waals surface area contributed by atoms with Crippen LogP contribution in [0.15, 0.2) is 30.3 Å². The topological polar surface area (TPSA) is 41.6 Å². The molecule has 1 saturated heterocycles. The van der Waals surface area contributed by atoms with Gasteiger partial charge in [-0.2, -0.15) is 0 Å². The lowest BCUT2D eigenvalue weighted by Crippen LogP contribution is -2.32. The van der Waals surface area contributed by atoms with E-state index >= 15 is 0 Å². The fourth-order valence-electron chi connectivity index (χ4n) is 2.59. The van der Waals surface area contributed by atoms with E-state index < -0.39 is 12.3 Å². The molecule has 1 saturated carbocycles.